The van der Waals surface area contributed by atoms with Gasteiger partial charge in [0.05, 0.1) is 6.61 Å². The summed E-state index contributed by atoms with van der Waals surface area (Å²) in [6.45, 7) is 1.96. The highest BCUT2D eigenvalue weighted by atomic mass is 79.9. The van der Waals surface area contributed by atoms with Crippen LogP contribution in [0.5, 0.6) is 0 Å². The highest BCUT2D eigenvalue weighted by molar-refractivity contribution is 9.10. The van der Waals surface area contributed by atoms with E-state index in [1.165, 1.54) is 6.07 Å². The first-order valence-electron chi connectivity index (χ1n) is 5.90. The third kappa shape index (κ3) is 3.27. The lowest BCUT2D eigenvalue weighted by Crippen LogP contribution is -2.44. The van der Waals surface area contributed by atoms with Gasteiger partial charge in [0.15, 0.2) is 0 Å². The van der Waals surface area contributed by atoms with Crippen LogP contribution < -0.4 is 5.32 Å². The zero-order chi connectivity index (χ0) is 12.3. The molecule has 1 unspecified atom stereocenters. The van der Waals surface area contributed by atoms with E-state index in [9.17, 15) is 9.50 Å². The van der Waals surface area contributed by atoms with Gasteiger partial charge in [-0.05, 0) is 49.6 Å². The van der Waals surface area contributed by atoms with Crippen LogP contribution in [-0.2, 0) is 6.42 Å². The van der Waals surface area contributed by atoms with Gasteiger partial charge in [0.2, 0.25) is 0 Å². The van der Waals surface area contributed by atoms with Gasteiger partial charge in [0.1, 0.15) is 5.82 Å². The van der Waals surface area contributed by atoms with Crippen LogP contribution in [0.4, 0.5) is 4.39 Å². The molecule has 0 bridgehead atoms. The van der Waals surface area contributed by atoms with Gasteiger partial charge in [-0.3, -0.25) is 0 Å². The predicted octanol–water partition coefficient (Wildman–Crippen LogP) is 2.49. The fourth-order valence-corrected chi connectivity index (χ4v) is 3.03. The Morgan fingerprint density at radius 1 is 1.41 bits per heavy atom. The van der Waals surface area contributed by atoms with Gasteiger partial charge in [-0.1, -0.05) is 15.9 Å². The van der Waals surface area contributed by atoms with E-state index < -0.39 is 0 Å². The summed E-state index contributed by atoms with van der Waals surface area (Å²) in [7, 11) is 0. The highest BCUT2D eigenvalue weighted by Crippen LogP contribution is 2.31. The topological polar surface area (TPSA) is 32.3 Å². The number of piperidine rings is 1. The Hall–Kier alpha value is -0.450. The molecule has 1 aliphatic rings. The summed E-state index contributed by atoms with van der Waals surface area (Å²) in [6.07, 6.45) is 2.77. The van der Waals surface area contributed by atoms with Crippen molar-refractivity contribution in [1.82, 2.24) is 5.32 Å². The first-order chi connectivity index (χ1) is 8.13. The molecule has 1 aromatic carbocycles. The van der Waals surface area contributed by atoms with E-state index in [0.29, 0.717) is 6.42 Å². The van der Waals surface area contributed by atoms with Crippen molar-refractivity contribution in [2.75, 3.05) is 19.7 Å². The quantitative estimate of drug-likeness (QED) is 0.899. The molecule has 94 valence electrons. The molecule has 0 saturated carbocycles. The molecule has 1 aromatic rings. The second kappa shape index (κ2) is 5.46. The van der Waals surface area contributed by atoms with Gasteiger partial charge in [0, 0.05) is 16.4 Å². The number of aliphatic hydroxyl groups excluding tert-OH is 1. The zero-order valence-electron chi connectivity index (χ0n) is 9.68. The summed E-state index contributed by atoms with van der Waals surface area (Å²) < 4.78 is 14.1. The molecule has 1 fully saturated rings. The van der Waals surface area contributed by atoms with Crippen LogP contribution >= 0.6 is 15.9 Å². The molecule has 0 amide bonds. The summed E-state index contributed by atoms with van der Waals surface area (Å²) in [5.74, 6) is -0.230. The highest BCUT2D eigenvalue weighted by Gasteiger charge is 2.31. The average Bonchev–Trinajstić information content (AvgIpc) is 2.29. The second-order valence-electron chi connectivity index (χ2n) is 4.89. The smallest absolute Gasteiger partial charge is 0.124 e. The number of hydrogen-bond donors (Lipinski definition) is 2. The fourth-order valence-electron chi connectivity index (χ4n) is 2.52. The standard InChI is InChI=1S/C13H17BrFNO/c14-11-4-10(5-12(15)6-11)7-13(9-17)2-1-3-16-8-13/h4-6,16-17H,1-3,7-9H2. The molecule has 0 spiro atoms. The molecule has 0 aliphatic carbocycles. The molecule has 2 rings (SSSR count). The van der Waals surface area contributed by atoms with E-state index in [1.54, 1.807) is 6.07 Å². The number of halogens is 2. The Bertz CT molecular complexity index is 371. The molecule has 4 heteroatoms. The van der Waals surface area contributed by atoms with Crippen LogP contribution in [0.1, 0.15) is 18.4 Å². The third-order valence-corrected chi connectivity index (χ3v) is 3.86. The molecule has 2 nitrogen and oxygen atoms in total. The molecule has 0 radical (unpaired) electrons. The normalized spacial score (nSPS) is 24.9. The van der Waals surface area contributed by atoms with E-state index in [1.807, 2.05) is 6.07 Å². The van der Waals surface area contributed by atoms with Crippen molar-refractivity contribution >= 4 is 15.9 Å². The van der Waals surface area contributed by atoms with E-state index in [0.717, 1.165) is 36.0 Å². The van der Waals surface area contributed by atoms with Crippen molar-refractivity contribution in [2.45, 2.75) is 19.3 Å². The first-order valence-corrected chi connectivity index (χ1v) is 6.69. The largest absolute Gasteiger partial charge is 0.396 e. The molecule has 2 N–H and O–H groups in total. The molecular formula is C13H17BrFNO. The Morgan fingerprint density at radius 2 is 2.24 bits per heavy atom. The molecule has 1 atom stereocenters. The molecule has 17 heavy (non-hydrogen) atoms. The molecule has 1 aliphatic heterocycles. The van der Waals surface area contributed by atoms with Crippen molar-refractivity contribution in [3.8, 4) is 0 Å². The monoisotopic (exact) mass is 301 g/mol. The van der Waals surface area contributed by atoms with Crippen molar-refractivity contribution < 1.29 is 9.50 Å². The Kier molecular flexibility index (Phi) is 4.17. The van der Waals surface area contributed by atoms with E-state index in [-0.39, 0.29) is 17.8 Å². The van der Waals surface area contributed by atoms with Crippen LogP contribution in [0.15, 0.2) is 22.7 Å². The summed E-state index contributed by atoms with van der Waals surface area (Å²) >= 11 is 3.30. The van der Waals surface area contributed by atoms with Gasteiger partial charge in [-0.15, -0.1) is 0 Å². The Balaban J connectivity index is 2.17. The van der Waals surface area contributed by atoms with Gasteiger partial charge in [0.25, 0.3) is 0 Å². The van der Waals surface area contributed by atoms with Crippen LogP contribution in [0.2, 0.25) is 0 Å². The van der Waals surface area contributed by atoms with Crippen LogP contribution in [0.25, 0.3) is 0 Å². The molecule has 0 aromatic heterocycles. The lowest BCUT2D eigenvalue weighted by molar-refractivity contribution is 0.0947. The summed E-state index contributed by atoms with van der Waals surface area (Å²) in [5, 5.41) is 12.9. The van der Waals surface area contributed by atoms with Gasteiger partial charge < -0.3 is 10.4 Å². The minimum Gasteiger partial charge on any atom is -0.396 e. The maximum atomic E-state index is 13.3. The minimum atomic E-state index is -0.230. The van der Waals surface area contributed by atoms with Crippen molar-refractivity contribution in [3.63, 3.8) is 0 Å². The van der Waals surface area contributed by atoms with Crippen molar-refractivity contribution in [3.05, 3.63) is 34.1 Å². The SMILES string of the molecule is OCC1(Cc2cc(F)cc(Br)c2)CCCNC1. The maximum absolute atomic E-state index is 13.3. The van der Waals surface area contributed by atoms with Crippen LogP contribution in [-0.4, -0.2) is 24.8 Å². The summed E-state index contributed by atoms with van der Waals surface area (Å²) in [5.41, 5.74) is 0.806. The fraction of sp³-hybridized carbons (Fsp3) is 0.538. The van der Waals surface area contributed by atoms with Crippen molar-refractivity contribution in [2.24, 2.45) is 5.41 Å². The molecular weight excluding hydrogens is 285 g/mol. The summed E-state index contributed by atoms with van der Waals surface area (Å²) in [4.78, 5) is 0. The summed E-state index contributed by atoms with van der Waals surface area (Å²) in [6, 6.07) is 4.93. The van der Waals surface area contributed by atoms with Gasteiger partial charge >= 0.3 is 0 Å². The van der Waals surface area contributed by atoms with Crippen LogP contribution in [0.3, 0.4) is 0 Å². The van der Waals surface area contributed by atoms with Crippen molar-refractivity contribution in [1.29, 1.82) is 0 Å². The maximum Gasteiger partial charge on any atom is 0.124 e. The Morgan fingerprint density at radius 3 is 2.82 bits per heavy atom. The molecule has 1 saturated heterocycles. The predicted molar refractivity (Wildman–Crippen MR) is 69.4 cm³/mol. The zero-order valence-corrected chi connectivity index (χ0v) is 11.3. The number of benzene rings is 1. The average molecular weight is 302 g/mol. The lowest BCUT2D eigenvalue weighted by atomic mass is 9.76. The number of aliphatic hydroxyl groups is 1. The number of rotatable bonds is 3. The third-order valence-electron chi connectivity index (χ3n) is 3.40. The first kappa shape index (κ1) is 13.0. The van der Waals surface area contributed by atoms with Gasteiger partial charge in [-0.2, -0.15) is 0 Å². The Labute approximate surface area is 109 Å². The van der Waals surface area contributed by atoms with Gasteiger partial charge in [-0.25, -0.2) is 4.39 Å². The lowest BCUT2D eigenvalue weighted by Gasteiger charge is -2.36. The number of nitrogens with one attached hydrogen (secondary N) is 1. The van der Waals surface area contributed by atoms with Crippen LogP contribution in [0, 0.1) is 11.2 Å². The van der Waals surface area contributed by atoms with E-state index >= 15 is 0 Å². The second-order valence-corrected chi connectivity index (χ2v) is 5.81. The number of hydrogen-bond acceptors (Lipinski definition) is 2. The van der Waals surface area contributed by atoms with E-state index in [4.69, 9.17) is 0 Å². The molecule has 1 heterocycles. The van der Waals surface area contributed by atoms with E-state index in [2.05, 4.69) is 21.2 Å². The minimum absolute atomic E-state index is 0.133.